The molecule has 0 fully saturated rings. The van der Waals surface area contributed by atoms with Gasteiger partial charge < -0.3 is 5.32 Å². The first kappa shape index (κ1) is 17.1. The molecule has 2 aromatic rings. The summed E-state index contributed by atoms with van der Waals surface area (Å²) < 4.78 is 0. The molecule has 2 rings (SSSR count). The largest absolute Gasteiger partial charge is 0.324 e. The van der Waals surface area contributed by atoms with Crippen molar-refractivity contribution >= 4 is 11.6 Å². The number of rotatable bonds is 7. The van der Waals surface area contributed by atoms with Crippen LogP contribution < -0.4 is 5.32 Å². The number of aromatic nitrogens is 2. The van der Waals surface area contributed by atoms with E-state index in [9.17, 15) is 4.79 Å². The van der Waals surface area contributed by atoms with Crippen molar-refractivity contribution in [1.29, 1.82) is 0 Å². The van der Waals surface area contributed by atoms with Crippen LogP contribution in [0.3, 0.4) is 0 Å². The van der Waals surface area contributed by atoms with Gasteiger partial charge in [0.25, 0.3) is 0 Å². The molecule has 2 heterocycles. The summed E-state index contributed by atoms with van der Waals surface area (Å²) >= 11 is 0. The topological polar surface area (TPSA) is 54.9 Å². The Kier molecular flexibility index (Phi) is 6.27. The van der Waals surface area contributed by atoms with Crippen molar-refractivity contribution in [3.05, 3.63) is 42.7 Å². The van der Waals surface area contributed by atoms with Crippen LogP contribution >= 0.6 is 0 Å². The average molecular weight is 311 g/mol. The van der Waals surface area contributed by atoms with E-state index >= 15 is 0 Å². The zero-order chi connectivity index (χ0) is 16.7. The molecule has 2 aromatic heterocycles. The minimum absolute atomic E-state index is 0.0628. The van der Waals surface area contributed by atoms with Gasteiger partial charge in [0.05, 0.1) is 23.3 Å². The van der Waals surface area contributed by atoms with Gasteiger partial charge in [-0.05, 0) is 43.0 Å². The summed E-state index contributed by atoms with van der Waals surface area (Å²) in [6, 6.07) is 9.48. The predicted octanol–water partition coefficient (Wildman–Crippen LogP) is 4.54. The standard InChI is InChI=1S/C19H25N3O/c1-4-15(9-8-14(2)3)19(23)22-16-10-11-18(21-13-16)17-7-5-6-12-20-17/h5-7,10-15H,4,8-9H2,1-3H3,(H,22,23). The third-order valence-electron chi connectivity index (χ3n) is 3.91. The van der Waals surface area contributed by atoms with Crippen LogP contribution in [0, 0.1) is 11.8 Å². The van der Waals surface area contributed by atoms with Crippen LogP contribution in [0.2, 0.25) is 0 Å². The van der Waals surface area contributed by atoms with Gasteiger partial charge in [-0.3, -0.25) is 14.8 Å². The van der Waals surface area contributed by atoms with Crippen molar-refractivity contribution in [3.63, 3.8) is 0 Å². The van der Waals surface area contributed by atoms with Gasteiger partial charge in [-0.25, -0.2) is 0 Å². The number of anilines is 1. The Balaban J connectivity index is 1.98. The van der Waals surface area contributed by atoms with Gasteiger partial charge in [0.15, 0.2) is 0 Å². The molecule has 1 unspecified atom stereocenters. The third-order valence-corrected chi connectivity index (χ3v) is 3.91. The highest BCUT2D eigenvalue weighted by atomic mass is 16.1. The predicted molar refractivity (Wildman–Crippen MR) is 94.0 cm³/mol. The minimum atomic E-state index is 0.0628. The van der Waals surface area contributed by atoms with Gasteiger partial charge in [0.1, 0.15) is 0 Å². The first-order chi connectivity index (χ1) is 11.1. The number of carbonyl (C=O) groups excluding carboxylic acids is 1. The van der Waals surface area contributed by atoms with Crippen molar-refractivity contribution in [2.45, 2.75) is 40.0 Å². The maximum Gasteiger partial charge on any atom is 0.227 e. The van der Waals surface area contributed by atoms with E-state index in [1.54, 1.807) is 12.4 Å². The molecule has 0 aliphatic heterocycles. The van der Waals surface area contributed by atoms with Gasteiger partial charge >= 0.3 is 0 Å². The van der Waals surface area contributed by atoms with Gasteiger partial charge in [-0.1, -0.05) is 33.3 Å². The van der Waals surface area contributed by atoms with Crippen LogP contribution in [0.25, 0.3) is 11.4 Å². The Morgan fingerprint density at radius 1 is 1.09 bits per heavy atom. The van der Waals surface area contributed by atoms with E-state index in [2.05, 4.69) is 36.1 Å². The summed E-state index contributed by atoms with van der Waals surface area (Å²) in [7, 11) is 0. The third kappa shape index (κ3) is 5.16. The maximum absolute atomic E-state index is 12.4. The molecule has 0 aliphatic rings. The van der Waals surface area contributed by atoms with Crippen molar-refractivity contribution in [2.75, 3.05) is 5.32 Å². The summed E-state index contributed by atoms with van der Waals surface area (Å²) in [4.78, 5) is 21.0. The molecule has 4 heteroatoms. The van der Waals surface area contributed by atoms with Crippen molar-refractivity contribution < 1.29 is 4.79 Å². The first-order valence-electron chi connectivity index (χ1n) is 8.28. The molecule has 0 saturated carbocycles. The quantitative estimate of drug-likeness (QED) is 0.816. The second kappa shape index (κ2) is 8.42. The van der Waals surface area contributed by atoms with E-state index in [1.165, 1.54) is 0 Å². The van der Waals surface area contributed by atoms with E-state index in [0.717, 1.165) is 36.3 Å². The van der Waals surface area contributed by atoms with E-state index in [0.29, 0.717) is 5.92 Å². The van der Waals surface area contributed by atoms with Gasteiger partial charge in [-0.2, -0.15) is 0 Å². The van der Waals surface area contributed by atoms with Crippen LogP contribution in [0.15, 0.2) is 42.7 Å². The Morgan fingerprint density at radius 3 is 2.43 bits per heavy atom. The molecule has 1 N–H and O–H groups in total. The Hall–Kier alpha value is -2.23. The number of hydrogen-bond acceptors (Lipinski definition) is 3. The zero-order valence-corrected chi connectivity index (χ0v) is 14.1. The highest BCUT2D eigenvalue weighted by Crippen LogP contribution is 2.19. The van der Waals surface area contributed by atoms with Crippen LogP contribution in [-0.2, 0) is 4.79 Å². The van der Waals surface area contributed by atoms with Crippen LogP contribution in [0.1, 0.15) is 40.0 Å². The summed E-state index contributed by atoms with van der Waals surface area (Å²) in [5, 5.41) is 2.97. The zero-order valence-electron chi connectivity index (χ0n) is 14.1. The Bertz CT molecular complexity index is 608. The SMILES string of the molecule is CCC(CCC(C)C)C(=O)Nc1ccc(-c2ccccn2)nc1. The average Bonchev–Trinajstić information content (AvgIpc) is 2.56. The number of hydrogen-bond donors (Lipinski definition) is 1. The summed E-state index contributed by atoms with van der Waals surface area (Å²) in [6.07, 6.45) is 6.30. The molecule has 0 bridgehead atoms. The fourth-order valence-corrected chi connectivity index (χ4v) is 2.43. The molecule has 0 spiro atoms. The fourth-order valence-electron chi connectivity index (χ4n) is 2.43. The normalized spacial score (nSPS) is 12.2. The summed E-state index contributed by atoms with van der Waals surface area (Å²) in [5.74, 6) is 0.768. The summed E-state index contributed by atoms with van der Waals surface area (Å²) in [5.41, 5.74) is 2.36. The number of nitrogens with zero attached hydrogens (tertiary/aromatic N) is 2. The van der Waals surface area contributed by atoms with Crippen molar-refractivity contribution in [3.8, 4) is 11.4 Å². The number of carbonyl (C=O) groups is 1. The maximum atomic E-state index is 12.4. The van der Waals surface area contributed by atoms with E-state index in [4.69, 9.17) is 0 Å². The Labute approximate surface area is 138 Å². The van der Waals surface area contributed by atoms with E-state index in [1.807, 2.05) is 30.3 Å². The van der Waals surface area contributed by atoms with Gasteiger partial charge in [0.2, 0.25) is 5.91 Å². The fraction of sp³-hybridized carbons (Fsp3) is 0.421. The smallest absolute Gasteiger partial charge is 0.227 e. The second-order valence-corrected chi connectivity index (χ2v) is 6.21. The first-order valence-corrected chi connectivity index (χ1v) is 8.28. The lowest BCUT2D eigenvalue weighted by Crippen LogP contribution is -2.22. The van der Waals surface area contributed by atoms with Gasteiger partial charge in [0, 0.05) is 12.1 Å². The number of nitrogens with one attached hydrogen (secondary N) is 1. The van der Waals surface area contributed by atoms with Gasteiger partial charge in [-0.15, -0.1) is 0 Å². The van der Waals surface area contributed by atoms with Crippen molar-refractivity contribution in [2.24, 2.45) is 11.8 Å². The molecular formula is C19H25N3O. The lowest BCUT2D eigenvalue weighted by molar-refractivity contribution is -0.120. The molecule has 0 saturated heterocycles. The minimum Gasteiger partial charge on any atom is -0.324 e. The highest BCUT2D eigenvalue weighted by Gasteiger charge is 2.17. The monoisotopic (exact) mass is 311 g/mol. The highest BCUT2D eigenvalue weighted by molar-refractivity contribution is 5.92. The summed E-state index contributed by atoms with van der Waals surface area (Å²) in [6.45, 7) is 6.43. The molecule has 0 aromatic carbocycles. The molecule has 1 amide bonds. The van der Waals surface area contributed by atoms with Crippen LogP contribution in [-0.4, -0.2) is 15.9 Å². The van der Waals surface area contributed by atoms with Crippen molar-refractivity contribution in [1.82, 2.24) is 9.97 Å². The Morgan fingerprint density at radius 2 is 1.87 bits per heavy atom. The molecule has 1 atom stereocenters. The molecule has 4 nitrogen and oxygen atoms in total. The van der Waals surface area contributed by atoms with Crippen LogP contribution in [0.5, 0.6) is 0 Å². The lowest BCUT2D eigenvalue weighted by atomic mass is 9.95. The molecular weight excluding hydrogens is 286 g/mol. The molecule has 0 radical (unpaired) electrons. The number of amides is 1. The second-order valence-electron chi connectivity index (χ2n) is 6.21. The van der Waals surface area contributed by atoms with E-state index in [-0.39, 0.29) is 11.8 Å². The van der Waals surface area contributed by atoms with Crippen LogP contribution in [0.4, 0.5) is 5.69 Å². The number of pyridine rings is 2. The molecule has 0 aliphatic carbocycles. The molecule has 23 heavy (non-hydrogen) atoms. The van der Waals surface area contributed by atoms with E-state index < -0.39 is 0 Å². The molecule has 122 valence electrons. The lowest BCUT2D eigenvalue weighted by Gasteiger charge is -2.16.